The van der Waals surface area contributed by atoms with Gasteiger partial charge < -0.3 is 25.3 Å². The average Bonchev–Trinajstić information content (AvgIpc) is 3.00. The SMILES string of the molecule is O=C1NCCC/C=C\CNCc2ccoc2-c2cc(O)cc(O)c21. The van der Waals surface area contributed by atoms with Crippen LogP contribution in [0.5, 0.6) is 11.5 Å². The van der Waals surface area contributed by atoms with Gasteiger partial charge in [0.2, 0.25) is 0 Å². The van der Waals surface area contributed by atoms with Crippen molar-refractivity contribution in [2.24, 2.45) is 0 Å². The number of aromatic hydroxyl groups is 2. The number of rotatable bonds is 0. The smallest absolute Gasteiger partial charge is 0.255 e. The lowest BCUT2D eigenvalue weighted by atomic mass is 10.00. The van der Waals surface area contributed by atoms with Crippen LogP contribution in [0.1, 0.15) is 28.8 Å². The Hall–Kier alpha value is -2.73. The third kappa shape index (κ3) is 3.44. The van der Waals surface area contributed by atoms with E-state index >= 15 is 0 Å². The lowest BCUT2D eigenvalue weighted by Gasteiger charge is -2.13. The fourth-order valence-electron chi connectivity index (χ4n) is 2.74. The number of amides is 1. The van der Waals surface area contributed by atoms with Crippen molar-refractivity contribution in [1.29, 1.82) is 0 Å². The largest absolute Gasteiger partial charge is 0.508 e. The van der Waals surface area contributed by atoms with Gasteiger partial charge in [-0.3, -0.25) is 4.79 Å². The Labute approximate surface area is 139 Å². The topological polar surface area (TPSA) is 94.7 Å². The zero-order valence-electron chi connectivity index (χ0n) is 13.2. The maximum Gasteiger partial charge on any atom is 0.255 e. The number of hydrogen-bond acceptors (Lipinski definition) is 5. The minimum absolute atomic E-state index is 0.108. The summed E-state index contributed by atoms with van der Waals surface area (Å²) in [6.45, 7) is 1.78. The quantitative estimate of drug-likeness (QED) is 0.558. The van der Waals surface area contributed by atoms with Gasteiger partial charge in [0.25, 0.3) is 5.91 Å². The molecule has 24 heavy (non-hydrogen) atoms. The highest BCUT2D eigenvalue weighted by atomic mass is 16.3. The monoisotopic (exact) mass is 328 g/mol. The number of allylic oxidation sites excluding steroid dienone is 1. The van der Waals surface area contributed by atoms with Gasteiger partial charge in [-0.15, -0.1) is 0 Å². The summed E-state index contributed by atoms with van der Waals surface area (Å²) in [5, 5.41) is 26.1. The van der Waals surface area contributed by atoms with Crippen molar-refractivity contribution in [3.05, 3.63) is 47.7 Å². The number of hydrogen-bond donors (Lipinski definition) is 4. The summed E-state index contributed by atoms with van der Waals surface area (Å²) in [7, 11) is 0. The second-order valence-corrected chi connectivity index (χ2v) is 5.66. The molecule has 0 unspecified atom stereocenters. The van der Waals surface area contributed by atoms with Crippen LogP contribution in [0.25, 0.3) is 11.3 Å². The van der Waals surface area contributed by atoms with Crippen LogP contribution in [0.3, 0.4) is 0 Å². The van der Waals surface area contributed by atoms with Crippen LogP contribution in [0.4, 0.5) is 0 Å². The molecule has 4 N–H and O–H groups in total. The second-order valence-electron chi connectivity index (χ2n) is 5.66. The molecule has 3 rings (SSSR count). The van der Waals surface area contributed by atoms with Gasteiger partial charge in [0.1, 0.15) is 17.3 Å². The van der Waals surface area contributed by atoms with Gasteiger partial charge in [-0.25, -0.2) is 0 Å². The normalized spacial score (nSPS) is 17.2. The lowest BCUT2D eigenvalue weighted by Crippen LogP contribution is -2.25. The molecular formula is C18H20N2O4. The van der Waals surface area contributed by atoms with Gasteiger partial charge in [0.15, 0.2) is 0 Å². The van der Waals surface area contributed by atoms with Crippen LogP contribution in [0, 0.1) is 0 Å². The number of benzene rings is 1. The van der Waals surface area contributed by atoms with E-state index in [1.165, 1.54) is 12.3 Å². The Kier molecular flexibility index (Phi) is 4.86. The first-order valence-electron chi connectivity index (χ1n) is 7.93. The maximum atomic E-state index is 12.5. The highest BCUT2D eigenvalue weighted by Crippen LogP contribution is 2.36. The van der Waals surface area contributed by atoms with Gasteiger partial charge >= 0.3 is 0 Å². The van der Waals surface area contributed by atoms with Gasteiger partial charge in [0.05, 0.1) is 11.8 Å². The summed E-state index contributed by atoms with van der Waals surface area (Å²) in [5.41, 5.74) is 1.33. The predicted octanol–water partition coefficient (Wildman–Crippen LogP) is 2.53. The molecule has 6 heteroatoms. The van der Waals surface area contributed by atoms with E-state index in [-0.39, 0.29) is 23.0 Å². The predicted molar refractivity (Wildman–Crippen MR) is 89.9 cm³/mol. The van der Waals surface area contributed by atoms with Crippen LogP contribution < -0.4 is 10.6 Å². The van der Waals surface area contributed by atoms with E-state index in [4.69, 9.17) is 4.42 Å². The highest BCUT2D eigenvalue weighted by molar-refractivity contribution is 6.03. The van der Waals surface area contributed by atoms with E-state index in [0.29, 0.717) is 24.4 Å². The van der Waals surface area contributed by atoms with E-state index in [9.17, 15) is 15.0 Å². The van der Waals surface area contributed by atoms with Crippen molar-refractivity contribution in [2.75, 3.05) is 13.1 Å². The summed E-state index contributed by atoms with van der Waals surface area (Å²) in [6, 6.07) is 4.40. The van der Waals surface area contributed by atoms with Crippen molar-refractivity contribution in [3.63, 3.8) is 0 Å². The summed E-state index contributed by atoms with van der Waals surface area (Å²) in [4.78, 5) is 12.5. The molecule has 0 saturated carbocycles. The zero-order valence-corrected chi connectivity index (χ0v) is 13.2. The maximum absolute atomic E-state index is 12.5. The summed E-state index contributed by atoms with van der Waals surface area (Å²) in [5.74, 6) is -0.332. The number of fused-ring (bicyclic) bond motifs is 3. The standard InChI is InChI=1S/C18H20N2O4/c21-13-9-14-16(15(22)10-13)18(23)20-7-4-2-1-3-6-19-11-12-5-8-24-17(12)14/h1,3,5,8-10,19,21-22H,2,4,6-7,11H2,(H,20,23)/b3-1-. The number of carbonyl (C=O) groups is 1. The number of furan rings is 1. The van der Waals surface area contributed by atoms with Crippen molar-refractivity contribution in [1.82, 2.24) is 10.6 Å². The van der Waals surface area contributed by atoms with E-state index in [0.717, 1.165) is 31.0 Å². The third-order valence-corrected chi connectivity index (χ3v) is 3.90. The minimum atomic E-state index is -0.390. The Bertz CT molecular complexity index is 764. The molecule has 1 aliphatic rings. The molecule has 0 radical (unpaired) electrons. The summed E-state index contributed by atoms with van der Waals surface area (Å²) in [6.07, 6.45) is 7.34. The molecule has 0 atom stereocenters. The molecule has 0 spiro atoms. The molecule has 1 aliphatic heterocycles. The summed E-state index contributed by atoms with van der Waals surface area (Å²) >= 11 is 0. The Morgan fingerprint density at radius 2 is 2.04 bits per heavy atom. The highest BCUT2D eigenvalue weighted by Gasteiger charge is 2.22. The Morgan fingerprint density at radius 1 is 1.17 bits per heavy atom. The van der Waals surface area contributed by atoms with Crippen LogP contribution in [-0.2, 0) is 6.54 Å². The fourth-order valence-corrected chi connectivity index (χ4v) is 2.74. The molecule has 0 saturated heterocycles. The van der Waals surface area contributed by atoms with Crippen molar-refractivity contribution < 1.29 is 19.4 Å². The molecule has 0 aliphatic carbocycles. The number of nitrogens with one attached hydrogen (secondary N) is 2. The van der Waals surface area contributed by atoms with Gasteiger partial charge in [0, 0.05) is 36.8 Å². The molecular weight excluding hydrogens is 308 g/mol. The van der Waals surface area contributed by atoms with Crippen LogP contribution in [0.15, 0.2) is 41.0 Å². The van der Waals surface area contributed by atoms with Crippen molar-refractivity contribution in [2.45, 2.75) is 19.4 Å². The van der Waals surface area contributed by atoms with E-state index in [1.54, 1.807) is 6.07 Å². The zero-order chi connectivity index (χ0) is 16.9. The minimum Gasteiger partial charge on any atom is -0.508 e. The molecule has 6 nitrogen and oxygen atoms in total. The molecule has 2 heterocycles. The number of phenolic OH excluding ortho intramolecular Hbond substituents is 2. The van der Waals surface area contributed by atoms with E-state index in [1.807, 2.05) is 0 Å². The third-order valence-electron chi connectivity index (χ3n) is 3.90. The van der Waals surface area contributed by atoms with Gasteiger partial charge in [-0.1, -0.05) is 12.2 Å². The van der Waals surface area contributed by atoms with Gasteiger partial charge in [-0.2, -0.15) is 0 Å². The molecule has 2 aromatic rings. The van der Waals surface area contributed by atoms with Crippen molar-refractivity contribution >= 4 is 5.91 Å². The second kappa shape index (κ2) is 7.23. The average molecular weight is 328 g/mol. The lowest BCUT2D eigenvalue weighted by molar-refractivity contribution is 0.0951. The van der Waals surface area contributed by atoms with Crippen LogP contribution in [-0.4, -0.2) is 29.2 Å². The first-order valence-corrected chi connectivity index (χ1v) is 7.93. The van der Waals surface area contributed by atoms with Crippen molar-refractivity contribution in [3.8, 4) is 22.8 Å². The number of phenols is 2. The Morgan fingerprint density at radius 3 is 2.92 bits per heavy atom. The molecule has 1 aromatic heterocycles. The molecule has 1 aromatic carbocycles. The van der Waals surface area contributed by atoms with E-state index < -0.39 is 0 Å². The summed E-state index contributed by atoms with van der Waals surface area (Å²) < 4.78 is 5.54. The number of carbonyl (C=O) groups excluding carboxylic acids is 1. The molecule has 0 bridgehead atoms. The molecule has 126 valence electrons. The van der Waals surface area contributed by atoms with Crippen LogP contribution >= 0.6 is 0 Å². The Balaban J connectivity index is 2.07. The fraction of sp³-hybridized carbons (Fsp3) is 0.278. The first kappa shape index (κ1) is 16.1. The first-order chi connectivity index (χ1) is 11.7. The van der Waals surface area contributed by atoms with E-state index in [2.05, 4.69) is 22.8 Å². The molecule has 0 fully saturated rings. The van der Waals surface area contributed by atoms with Gasteiger partial charge in [-0.05, 0) is 25.0 Å². The van der Waals surface area contributed by atoms with Crippen LogP contribution in [0.2, 0.25) is 0 Å². The molecule has 1 amide bonds.